The molecule has 6 nitrogen and oxygen atoms in total. The van der Waals surface area contributed by atoms with E-state index in [9.17, 15) is 4.79 Å². The predicted octanol–water partition coefficient (Wildman–Crippen LogP) is 4.82. The SMILES string of the molecule is C=CCn1c(CCCOc2ccccc2C)nnc1SCC(=O)Nc1cccc(C)c1. The van der Waals surface area contributed by atoms with E-state index in [1.807, 2.05) is 73.0 Å². The van der Waals surface area contributed by atoms with Crippen LogP contribution in [0.2, 0.25) is 0 Å². The maximum absolute atomic E-state index is 12.3. The summed E-state index contributed by atoms with van der Waals surface area (Å²) in [4.78, 5) is 12.3. The van der Waals surface area contributed by atoms with E-state index in [2.05, 4.69) is 22.1 Å². The number of rotatable bonds is 11. The number of para-hydroxylation sites is 1. The summed E-state index contributed by atoms with van der Waals surface area (Å²) in [5, 5.41) is 12.2. The van der Waals surface area contributed by atoms with Crippen LogP contribution in [0.4, 0.5) is 5.69 Å². The molecule has 1 aromatic heterocycles. The van der Waals surface area contributed by atoms with Crippen molar-refractivity contribution >= 4 is 23.4 Å². The van der Waals surface area contributed by atoms with Gasteiger partial charge >= 0.3 is 0 Å². The molecule has 0 fully saturated rings. The maximum Gasteiger partial charge on any atom is 0.234 e. The van der Waals surface area contributed by atoms with Crippen LogP contribution in [0.15, 0.2) is 66.3 Å². The molecule has 0 bridgehead atoms. The van der Waals surface area contributed by atoms with Gasteiger partial charge in [-0.25, -0.2) is 0 Å². The Morgan fingerprint density at radius 1 is 1.19 bits per heavy atom. The van der Waals surface area contributed by atoms with E-state index in [-0.39, 0.29) is 11.7 Å². The smallest absolute Gasteiger partial charge is 0.234 e. The largest absolute Gasteiger partial charge is 0.493 e. The number of thioether (sulfide) groups is 1. The van der Waals surface area contributed by atoms with Crippen LogP contribution in [-0.2, 0) is 17.8 Å². The molecule has 3 aromatic rings. The summed E-state index contributed by atoms with van der Waals surface area (Å²) in [6.07, 6.45) is 3.37. The van der Waals surface area contributed by atoms with Gasteiger partial charge in [0.25, 0.3) is 0 Å². The number of hydrogen-bond acceptors (Lipinski definition) is 5. The quantitative estimate of drug-likeness (QED) is 0.265. The van der Waals surface area contributed by atoms with Gasteiger partial charge in [0.1, 0.15) is 11.6 Å². The second kappa shape index (κ2) is 11.4. The first-order chi connectivity index (χ1) is 15.1. The third-order valence-electron chi connectivity index (χ3n) is 4.64. The van der Waals surface area contributed by atoms with Crippen LogP contribution in [0.3, 0.4) is 0 Å². The Labute approximate surface area is 187 Å². The molecule has 7 heteroatoms. The summed E-state index contributed by atoms with van der Waals surface area (Å²) in [5.74, 6) is 1.97. The molecule has 1 amide bonds. The van der Waals surface area contributed by atoms with Crippen LogP contribution >= 0.6 is 11.8 Å². The normalized spacial score (nSPS) is 10.6. The number of hydrogen-bond donors (Lipinski definition) is 1. The van der Waals surface area contributed by atoms with E-state index in [1.165, 1.54) is 11.8 Å². The van der Waals surface area contributed by atoms with Crippen LogP contribution in [0.1, 0.15) is 23.4 Å². The minimum atomic E-state index is -0.0723. The zero-order valence-electron chi connectivity index (χ0n) is 18.0. The number of benzene rings is 2. The van der Waals surface area contributed by atoms with Gasteiger partial charge in [0.05, 0.1) is 12.4 Å². The van der Waals surface area contributed by atoms with E-state index in [0.717, 1.165) is 41.2 Å². The van der Waals surface area contributed by atoms with Crippen molar-refractivity contribution in [1.82, 2.24) is 14.8 Å². The standard InChI is InChI=1S/C24H28N4O2S/c1-4-14-28-22(13-8-15-30-21-12-6-5-10-19(21)3)26-27-24(28)31-17-23(29)25-20-11-7-9-18(2)16-20/h4-7,9-12,16H,1,8,13-15,17H2,2-3H3,(H,25,29). The zero-order valence-corrected chi connectivity index (χ0v) is 18.8. The molecule has 0 spiro atoms. The highest BCUT2D eigenvalue weighted by molar-refractivity contribution is 7.99. The van der Waals surface area contributed by atoms with Gasteiger partial charge < -0.3 is 14.6 Å². The van der Waals surface area contributed by atoms with Crippen LogP contribution in [0.25, 0.3) is 0 Å². The van der Waals surface area contributed by atoms with Gasteiger partial charge in [-0.3, -0.25) is 4.79 Å². The highest BCUT2D eigenvalue weighted by Gasteiger charge is 2.14. The molecular weight excluding hydrogens is 408 g/mol. The number of carbonyl (C=O) groups is 1. The molecular formula is C24H28N4O2S. The average Bonchev–Trinajstić information content (AvgIpc) is 3.13. The summed E-state index contributed by atoms with van der Waals surface area (Å²) in [6.45, 7) is 9.07. The lowest BCUT2D eigenvalue weighted by molar-refractivity contribution is -0.113. The summed E-state index contributed by atoms with van der Waals surface area (Å²) in [6, 6.07) is 15.7. The highest BCUT2D eigenvalue weighted by atomic mass is 32.2. The van der Waals surface area contributed by atoms with Gasteiger partial charge in [-0.15, -0.1) is 16.8 Å². The third-order valence-corrected chi connectivity index (χ3v) is 5.60. The molecule has 0 aliphatic carbocycles. The van der Waals surface area contributed by atoms with Gasteiger partial charge in [0.15, 0.2) is 5.16 Å². The molecule has 3 rings (SSSR count). The first kappa shape index (κ1) is 22.6. The number of aryl methyl sites for hydroxylation is 3. The second-order valence-electron chi connectivity index (χ2n) is 7.22. The molecule has 1 N–H and O–H groups in total. The molecule has 0 radical (unpaired) electrons. The number of aromatic nitrogens is 3. The van der Waals surface area contributed by atoms with Crippen molar-refractivity contribution < 1.29 is 9.53 Å². The van der Waals surface area contributed by atoms with Crippen molar-refractivity contribution in [3.05, 3.63) is 78.1 Å². The lowest BCUT2D eigenvalue weighted by Gasteiger charge is -2.10. The van der Waals surface area contributed by atoms with Crippen molar-refractivity contribution in [2.45, 2.75) is 38.4 Å². The predicted molar refractivity (Wildman–Crippen MR) is 126 cm³/mol. The molecule has 0 saturated heterocycles. The molecule has 2 aromatic carbocycles. The molecule has 0 unspecified atom stereocenters. The van der Waals surface area contributed by atoms with Crippen LogP contribution in [0, 0.1) is 13.8 Å². The monoisotopic (exact) mass is 436 g/mol. The fraction of sp³-hybridized carbons (Fsp3) is 0.292. The summed E-state index contributed by atoms with van der Waals surface area (Å²) in [7, 11) is 0. The molecule has 0 aliphatic heterocycles. The summed E-state index contributed by atoms with van der Waals surface area (Å²) >= 11 is 1.38. The van der Waals surface area contributed by atoms with Gasteiger partial charge in [0.2, 0.25) is 5.91 Å². The summed E-state index contributed by atoms with van der Waals surface area (Å²) in [5.41, 5.74) is 3.03. The number of amides is 1. The Hall–Kier alpha value is -3.06. The average molecular weight is 437 g/mol. The molecule has 1 heterocycles. The first-order valence-corrected chi connectivity index (χ1v) is 11.3. The van der Waals surface area contributed by atoms with Crippen molar-refractivity contribution in [1.29, 1.82) is 0 Å². The highest BCUT2D eigenvalue weighted by Crippen LogP contribution is 2.20. The minimum Gasteiger partial charge on any atom is -0.493 e. The lowest BCUT2D eigenvalue weighted by atomic mass is 10.2. The van der Waals surface area contributed by atoms with Crippen molar-refractivity contribution in [2.75, 3.05) is 17.7 Å². The Bertz CT molecular complexity index is 1030. The Morgan fingerprint density at radius 3 is 2.81 bits per heavy atom. The summed E-state index contributed by atoms with van der Waals surface area (Å²) < 4.78 is 7.88. The lowest BCUT2D eigenvalue weighted by Crippen LogP contribution is -2.15. The Balaban J connectivity index is 1.52. The number of ether oxygens (including phenoxy) is 1. The van der Waals surface area contributed by atoms with Crippen LogP contribution in [0.5, 0.6) is 5.75 Å². The van der Waals surface area contributed by atoms with E-state index in [1.54, 1.807) is 0 Å². The van der Waals surface area contributed by atoms with Gasteiger partial charge in [-0.2, -0.15) is 0 Å². The molecule has 162 valence electrons. The van der Waals surface area contributed by atoms with E-state index >= 15 is 0 Å². The topological polar surface area (TPSA) is 69.0 Å². The first-order valence-electron chi connectivity index (χ1n) is 10.3. The molecule has 31 heavy (non-hydrogen) atoms. The van der Waals surface area contributed by atoms with E-state index in [4.69, 9.17) is 4.74 Å². The Morgan fingerprint density at radius 2 is 2.03 bits per heavy atom. The van der Waals surface area contributed by atoms with E-state index < -0.39 is 0 Å². The van der Waals surface area contributed by atoms with Crippen molar-refractivity contribution in [3.63, 3.8) is 0 Å². The number of anilines is 1. The van der Waals surface area contributed by atoms with Gasteiger partial charge in [-0.1, -0.05) is 48.2 Å². The molecule has 0 aliphatic rings. The van der Waals surface area contributed by atoms with Crippen LogP contribution in [-0.4, -0.2) is 33.0 Å². The number of carbonyl (C=O) groups excluding carboxylic acids is 1. The zero-order chi connectivity index (χ0) is 22.1. The number of nitrogens with zero attached hydrogens (tertiary/aromatic N) is 3. The number of allylic oxidation sites excluding steroid dienone is 1. The second-order valence-corrected chi connectivity index (χ2v) is 8.16. The van der Waals surface area contributed by atoms with Gasteiger partial charge in [0, 0.05) is 18.7 Å². The van der Waals surface area contributed by atoms with Crippen LogP contribution < -0.4 is 10.1 Å². The maximum atomic E-state index is 12.3. The van der Waals surface area contributed by atoms with Crippen molar-refractivity contribution in [3.8, 4) is 5.75 Å². The fourth-order valence-electron chi connectivity index (χ4n) is 3.10. The number of nitrogens with one attached hydrogen (secondary N) is 1. The molecule has 0 saturated carbocycles. The third kappa shape index (κ3) is 6.72. The molecule has 0 atom stereocenters. The Kier molecular flexibility index (Phi) is 8.29. The fourth-order valence-corrected chi connectivity index (χ4v) is 3.87. The van der Waals surface area contributed by atoms with E-state index in [0.29, 0.717) is 18.3 Å². The minimum absolute atomic E-state index is 0.0723. The van der Waals surface area contributed by atoms with Gasteiger partial charge in [-0.05, 0) is 49.6 Å². The van der Waals surface area contributed by atoms with Crippen molar-refractivity contribution in [2.24, 2.45) is 0 Å².